The lowest BCUT2D eigenvalue weighted by Crippen LogP contribution is -2.24. The van der Waals surface area contributed by atoms with Gasteiger partial charge < -0.3 is 9.88 Å². The predicted molar refractivity (Wildman–Crippen MR) is 128 cm³/mol. The van der Waals surface area contributed by atoms with Crippen molar-refractivity contribution in [3.05, 3.63) is 110 Å². The number of nitrogens with zero attached hydrogens (tertiary/aromatic N) is 1. The molecule has 4 rings (SSSR count). The average Bonchev–Trinajstić information content (AvgIpc) is 2.78. The molecule has 0 spiro atoms. The summed E-state index contributed by atoms with van der Waals surface area (Å²) < 4.78 is 1.61. The first-order valence-corrected chi connectivity index (χ1v) is 10.5. The normalized spacial score (nSPS) is 10.8. The van der Waals surface area contributed by atoms with Gasteiger partial charge in [0.15, 0.2) is 5.78 Å². The molecule has 4 aromatic rings. The highest BCUT2D eigenvalue weighted by molar-refractivity contribution is 6.31. The van der Waals surface area contributed by atoms with Gasteiger partial charge in [0.05, 0.1) is 11.1 Å². The molecule has 3 aromatic carbocycles. The fraction of sp³-hybridized carbons (Fsp3) is 0.115. The quantitative estimate of drug-likeness (QED) is 0.433. The molecule has 0 saturated carbocycles. The lowest BCUT2D eigenvalue weighted by molar-refractivity contribution is -0.116. The SMILES string of the molecule is Cc1ccc(NC(=O)Cn2cc(C(=O)c3ccccc3)c(=O)c3cc(Cl)ccc32)cc1C. The smallest absolute Gasteiger partial charge is 0.244 e. The maximum Gasteiger partial charge on any atom is 0.244 e. The molecule has 160 valence electrons. The van der Waals surface area contributed by atoms with Crippen LogP contribution in [0, 0.1) is 13.8 Å². The number of pyridine rings is 1. The fourth-order valence-electron chi connectivity index (χ4n) is 3.58. The molecule has 5 nitrogen and oxygen atoms in total. The van der Waals surface area contributed by atoms with Crippen molar-refractivity contribution in [3.8, 4) is 0 Å². The van der Waals surface area contributed by atoms with Gasteiger partial charge in [-0.05, 0) is 55.3 Å². The van der Waals surface area contributed by atoms with Crippen molar-refractivity contribution in [3.63, 3.8) is 0 Å². The van der Waals surface area contributed by atoms with Gasteiger partial charge in [-0.2, -0.15) is 0 Å². The third-order valence-corrected chi connectivity index (χ3v) is 5.66. The third-order valence-electron chi connectivity index (χ3n) is 5.43. The van der Waals surface area contributed by atoms with Crippen molar-refractivity contribution < 1.29 is 9.59 Å². The Hall–Kier alpha value is -3.70. The Morgan fingerprint density at radius 3 is 2.41 bits per heavy atom. The Morgan fingerprint density at radius 1 is 0.938 bits per heavy atom. The van der Waals surface area contributed by atoms with Crippen LogP contribution in [0.3, 0.4) is 0 Å². The van der Waals surface area contributed by atoms with E-state index >= 15 is 0 Å². The summed E-state index contributed by atoms with van der Waals surface area (Å²) in [6.45, 7) is 3.91. The van der Waals surface area contributed by atoms with Crippen LogP contribution in [0.25, 0.3) is 10.9 Å². The number of ketones is 1. The van der Waals surface area contributed by atoms with E-state index in [1.54, 1.807) is 47.0 Å². The zero-order valence-electron chi connectivity index (χ0n) is 17.7. The molecule has 1 aromatic heterocycles. The molecule has 1 N–H and O–H groups in total. The minimum absolute atomic E-state index is 0.00931. The van der Waals surface area contributed by atoms with Crippen LogP contribution in [0.1, 0.15) is 27.0 Å². The second-order valence-electron chi connectivity index (χ2n) is 7.70. The van der Waals surface area contributed by atoms with Crippen LogP contribution < -0.4 is 10.7 Å². The molecule has 0 unspecified atom stereocenters. The van der Waals surface area contributed by atoms with E-state index in [4.69, 9.17) is 11.6 Å². The number of hydrogen-bond donors (Lipinski definition) is 1. The molecule has 0 aliphatic heterocycles. The second-order valence-corrected chi connectivity index (χ2v) is 8.14. The van der Waals surface area contributed by atoms with E-state index < -0.39 is 11.2 Å². The number of carbonyl (C=O) groups is 2. The van der Waals surface area contributed by atoms with Gasteiger partial charge in [0.1, 0.15) is 6.54 Å². The van der Waals surface area contributed by atoms with E-state index in [2.05, 4.69) is 5.32 Å². The molecule has 1 amide bonds. The van der Waals surface area contributed by atoms with Crippen LogP contribution in [0.5, 0.6) is 0 Å². The Balaban J connectivity index is 1.75. The minimum Gasteiger partial charge on any atom is -0.337 e. The second kappa shape index (κ2) is 8.81. The van der Waals surface area contributed by atoms with E-state index in [0.717, 1.165) is 11.1 Å². The number of fused-ring (bicyclic) bond motifs is 1. The Bertz CT molecular complexity index is 1410. The third kappa shape index (κ3) is 4.34. The Kier molecular flexibility index (Phi) is 5.93. The van der Waals surface area contributed by atoms with Crippen molar-refractivity contribution in [2.45, 2.75) is 20.4 Å². The van der Waals surface area contributed by atoms with Gasteiger partial charge in [-0.15, -0.1) is 0 Å². The van der Waals surface area contributed by atoms with Gasteiger partial charge in [-0.1, -0.05) is 48.0 Å². The maximum atomic E-state index is 13.1. The van der Waals surface area contributed by atoms with Gasteiger partial charge in [0, 0.05) is 27.9 Å². The number of benzene rings is 3. The van der Waals surface area contributed by atoms with Gasteiger partial charge in [-0.25, -0.2) is 0 Å². The lowest BCUT2D eigenvalue weighted by atomic mass is 10.0. The number of carbonyl (C=O) groups excluding carboxylic acids is 2. The number of amides is 1. The highest BCUT2D eigenvalue weighted by atomic mass is 35.5. The van der Waals surface area contributed by atoms with Gasteiger partial charge in [-0.3, -0.25) is 14.4 Å². The number of halogens is 1. The predicted octanol–water partition coefficient (Wildman–Crippen LogP) is 5.14. The zero-order chi connectivity index (χ0) is 22.8. The minimum atomic E-state index is -0.415. The number of nitrogens with one attached hydrogen (secondary N) is 1. The van der Waals surface area contributed by atoms with Crippen molar-refractivity contribution in [1.29, 1.82) is 0 Å². The average molecular weight is 445 g/mol. The van der Waals surface area contributed by atoms with Crippen LogP contribution >= 0.6 is 11.6 Å². The van der Waals surface area contributed by atoms with Crippen LogP contribution in [-0.2, 0) is 11.3 Å². The Morgan fingerprint density at radius 2 is 1.69 bits per heavy atom. The summed E-state index contributed by atoms with van der Waals surface area (Å²) in [7, 11) is 0. The van der Waals surface area contributed by atoms with E-state index in [0.29, 0.717) is 27.2 Å². The standard InChI is InChI=1S/C26H21ClN2O3/c1-16-8-10-20(12-17(16)2)28-24(30)15-29-14-22(25(31)18-6-4-3-5-7-18)26(32)21-13-19(27)9-11-23(21)29/h3-14H,15H2,1-2H3,(H,28,30). The molecular weight excluding hydrogens is 424 g/mol. The van der Waals surface area contributed by atoms with Crippen LogP contribution in [0.15, 0.2) is 77.7 Å². The summed E-state index contributed by atoms with van der Waals surface area (Å²) >= 11 is 6.12. The number of hydrogen-bond acceptors (Lipinski definition) is 3. The molecule has 0 aliphatic carbocycles. The summed E-state index contributed by atoms with van der Waals surface area (Å²) in [4.78, 5) is 39.0. The van der Waals surface area contributed by atoms with Crippen LogP contribution in [0.2, 0.25) is 5.02 Å². The first kappa shape index (κ1) is 21.5. The summed E-state index contributed by atoms with van der Waals surface area (Å²) in [5.74, 6) is -0.674. The molecule has 6 heteroatoms. The highest BCUT2D eigenvalue weighted by Gasteiger charge is 2.18. The van der Waals surface area contributed by atoms with Gasteiger partial charge >= 0.3 is 0 Å². The summed E-state index contributed by atoms with van der Waals surface area (Å²) in [5, 5.41) is 3.55. The monoisotopic (exact) mass is 444 g/mol. The maximum absolute atomic E-state index is 13.1. The molecule has 0 radical (unpaired) electrons. The van der Waals surface area contributed by atoms with E-state index in [1.165, 1.54) is 12.3 Å². The zero-order valence-corrected chi connectivity index (χ0v) is 18.4. The molecule has 0 bridgehead atoms. The van der Waals surface area contributed by atoms with Gasteiger partial charge in [0.25, 0.3) is 0 Å². The molecule has 0 fully saturated rings. The molecular formula is C26H21ClN2O3. The van der Waals surface area contributed by atoms with Crippen molar-refractivity contribution in [1.82, 2.24) is 4.57 Å². The summed E-state index contributed by atoms with van der Waals surface area (Å²) in [5.41, 5.74) is 3.40. The van der Waals surface area contributed by atoms with E-state index in [-0.39, 0.29) is 18.0 Å². The first-order chi connectivity index (χ1) is 15.3. The number of aromatic nitrogens is 1. The highest BCUT2D eigenvalue weighted by Crippen LogP contribution is 2.20. The molecule has 1 heterocycles. The lowest BCUT2D eigenvalue weighted by Gasteiger charge is -2.14. The molecule has 0 atom stereocenters. The molecule has 0 saturated heterocycles. The van der Waals surface area contributed by atoms with E-state index in [9.17, 15) is 14.4 Å². The van der Waals surface area contributed by atoms with E-state index in [1.807, 2.05) is 32.0 Å². The number of rotatable bonds is 5. The largest absolute Gasteiger partial charge is 0.337 e. The molecule has 32 heavy (non-hydrogen) atoms. The summed E-state index contributed by atoms with van der Waals surface area (Å²) in [6.07, 6.45) is 1.45. The van der Waals surface area contributed by atoms with Crippen molar-refractivity contribution in [2.75, 3.05) is 5.32 Å². The van der Waals surface area contributed by atoms with Gasteiger partial charge in [0.2, 0.25) is 11.3 Å². The topological polar surface area (TPSA) is 68.2 Å². The number of anilines is 1. The van der Waals surface area contributed by atoms with Crippen LogP contribution in [-0.4, -0.2) is 16.3 Å². The van der Waals surface area contributed by atoms with Crippen molar-refractivity contribution in [2.24, 2.45) is 0 Å². The first-order valence-electron chi connectivity index (χ1n) is 10.1. The summed E-state index contributed by atoms with van der Waals surface area (Å²) in [6, 6.07) is 19.1. The fourth-order valence-corrected chi connectivity index (χ4v) is 3.75. The van der Waals surface area contributed by atoms with Crippen molar-refractivity contribution >= 4 is 39.9 Å². The number of aryl methyl sites for hydroxylation is 2. The Labute approximate surface area is 190 Å². The molecule has 0 aliphatic rings. The van der Waals surface area contributed by atoms with Crippen LogP contribution in [0.4, 0.5) is 5.69 Å².